The lowest BCUT2D eigenvalue weighted by molar-refractivity contribution is 1.19. The van der Waals surface area contributed by atoms with Crippen molar-refractivity contribution in [2.24, 2.45) is 0 Å². The van der Waals surface area contributed by atoms with Crippen molar-refractivity contribution in [3.8, 4) is 56.2 Å². The number of fused-ring (bicyclic) bond motifs is 2. The van der Waals surface area contributed by atoms with E-state index in [1.807, 2.05) is 24.3 Å². The summed E-state index contributed by atoms with van der Waals surface area (Å²) in [6.45, 7) is 0. The van der Waals surface area contributed by atoms with Gasteiger partial charge in [0.05, 0.1) is 11.4 Å². The molecule has 0 aliphatic rings. The van der Waals surface area contributed by atoms with Crippen LogP contribution < -0.4 is 0 Å². The van der Waals surface area contributed by atoms with Gasteiger partial charge >= 0.3 is 0 Å². The van der Waals surface area contributed by atoms with E-state index in [2.05, 4.69) is 140 Å². The van der Waals surface area contributed by atoms with Crippen LogP contribution in [-0.4, -0.2) is 9.97 Å². The van der Waals surface area contributed by atoms with Crippen molar-refractivity contribution in [2.45, 2.75) is 0 Å². The first-order chi connectivity index (χ1) is 22.2. The Labute approximate surface area is 267 Å². The number of rotatable bonds is 5. The molecule has 0 radical (unpaired) electrons. The summed E-state index contributed by atoms with van der Waals surface area (Å²) < 4.78 is 0. The number of aromatic nitrogens is 2. The molecular formula is C42H27ClN2. The summed E-state index contributed by atoms with van der Waals surface area (Å²) in [7, 11) is 0. The predicted molar refractivity (Wildman–Crippen MR) is 189 cm³/mol. The average molecular weight is 595 g/mol. The van der Waals surface area contributed by atoms with Gasteiger partial charge in [0, 0.05) is 27.3 Å². The molecule has 0 atom stereocenters. The van der Waals surface area contributed by atoms with E-state index in [9.17, 15) is 0 Å². The van der Waals surface area contributed by atoms with Crippen LogP contribution in [0.3, 0.4) is 0 Å². The minimum Gasteiger partial charge on any atom is -0.228 e. The van der Waals surface area contributed by atoms with Crippen LogP contribution in [-0.2, 0) is 0 Å². The fourth-order valence-electron chi connectivity index (χ4n) is 6.13. The molecule has 0 saturated heterocycles. The second kappa shape index (κ2) is 11.5. The number of hydrogen-bond acceptors (Lipinski definition) is 2. The minimum atomic E-state index is 0.692. The average Bonchev–Trinajstić information content (AvgIpc) is 3.11. The lowest BCUT2D eigenvalue weighted by atomic mass is 9.94. The number of halogens is 1. The van der Waals surface area contributed by atoms with Gasteiger partial charge in [-0.15, -0.1) is 0 Å². The Morgan fingerprint density at radius 1 is 0.356 bits per heavy atom. The van der Waals surface area contributed by atoms with Crippen molar-refractivity contribution < 1.29 is 0 Å². The summed E-state index contributed by atoms with van der Waals surface area (Å²) in [5.74, 6) is 0.692. The first kappa shape index (κ1) is 27.0. The Morgan fingerprint density at radius 2 is 0.933 bits per heavy atom. The van der Waals surface area contributed by atoms with Crippen LogP contribution in [0.4, 0.5) is 0 Å². The molecule has 1 aromatic heterocycles. The second-order valence-corrected chi connectivity index (χ2v) is 11.6. The van der Waals surface area contributed by atoms with Gasteiger partial charge in [-0.1, -0.05) is 145 Å². The molecule has 0 spiro atoms. The molecular weight excluding hydrogens is 568 g/mol. The van der Waals surface area contributed by atoms with Crippen LogP contribution in [0.1, 0.15) is 0 Å². The lowest BCUT2D eigenvalue weighted by Crippen LogP contribution is -1.97. The van der Waals surface area contributed by atoms with Gasteiger partial charge in [-0.05, 0) is 68.6 Å². The highest BCUT2D eigenvalue weighted by molar-refractivity contribution is 6.33. The number of benzene rings is 7. The van der Waals surface area contributed by atoms with Gasteiger partial charge in [-0.3, -0.25) is 0 Å². The normalized spacial score (nSPS) is 11.2. The molecule has 0 aliphatic carbocycles. The van der Waals surface area contributed by atoms with Crippen molar-refractivity contribution in [2.75, 3.05) is 0 Å². The number of hydrogen-bond donors (Lipinski definition) is 0. The van der Waals surface area contributed by atoms with Crippen molar-refractivity contribution in [1.82, 2.24) is 9.97 Å². The lowest BCUT2D eigenvalue weighted by Gasteiger charge is -2.14. The zero-order valence-corrected chi connectivity index (χ0v) is 25.1. The van der Waals surface area contributed by atoms with E-state index < -0.39 is 0 Å². The predicted octanol–water partition coefficient (Wildman–Crippen LogP) is 11.8. The van der Waals surface area contributed by atoms with Crippen molar-refractivity contribution in [3.63, 3.8) is 0 Å². The third-order valence-electron chi connectivity index (χ3n) is 8.34. The van der Waals surface area contributed by atoms with Crippen LogP contribution in [0.25, 0.3) is 77.7 Å². The molecule has 0 fully saturated rings. The Hall–Kier alpha value is -5.57. The van der Waals surface area contributed by atoms with E-state index in [1.165, 1.54) is 5.56 Å². The van der Waals surface area contributed by atoms with E-state index in [0.717, 1.165) is 71.3 Å². The largest absolute Gasteiger partial charge is 0.228 e. The van der Waals surface area contributed by atoms with Crippen molar-refractivity contribution >= 4 is 33.1 Å². The van der Waals surface area contributed by atoms with Gasteiger partial charge in [0.25, 0.3) is 0 Å². The maximum absolute atomic E-state index is 6.76. The van der Waals surface area contributed by atoms with Gasteiger partial charge in [-0.25, -0.2) is 9.97 Å². The second-order valence-electron chi connectivity index (χ2n) is 11.2. The summed E-state index contributed by atoms with van der Waals surface area (Å²) in [5, 5.41) is 5.27. The van der Waals surface area contributed by atoms with Crippen LogP contribution >= 0.6 is 11.6 Å². The summed E-state index contributed by atoms with van der Waals surface area (Å²) >= 11 is 6.76. The topological polar surface area (TPSA) is 25.8 Å². The fourth-order valence-corrected chi connectivity index (χ4v) is 6.37. The number of nitrogens with zero attached hydrogens (tertiary/aromatic N) is 2. The molecule has 0 aliphatic heterocycles. The minimum absolute atomic E-state index is 0.692. The highest BCUT2D eigenvalue weighted by Crippen LogP contribution is 2.39. The third-order valence-corrected chi connectivity index (χ3v) is 8.67. The fraction of sp³-hybridized carbons (Fsp3) is 0. The Kier molecular flexibility index (Phi) is 6.90. The van der Waals surface area contributed by atoms with Crippen LogP contribution in [0, 0.1) is 0 Å². The summed E-state index contributed by atoms with van der Waals surface area (Å²) in [5.41, 5.74) is 9.15. The first-order valence-corrected chi connectivity index (χ1v) is 15.4. The van der Waals surface area contributed by atoms with Crippen LogP contribution in [0.2, 0.25) is 5.02 Å². The third kappa shape index (κ3) is 5.16. The Bertz CT molecular complexity index is 2340. The Morgan fingerprint density at radius 3 is 1.76 bits per heavy atom. The summed E-state index contributed by atoms with van der Waals surface area (Å²) in [6.07, 6.45) is 0. The molecule has 3 heteroatoms. The molecule has 45 heavy (non-hydrogen) atoms. The molecule has 0 unspecified atom stereocenters. The van der Waals surface area contributed by atoms with E-state index >= 15 is 0 Å². The van der Waals surface area contributed by atoms with E-state index in [1.54, 1.807) is 0 Å². The van der Waals surface area contributed by atoms with Crippen molar-refractivity contribution in [3.05, 3.63) is 169 Å². The van der Waals surface area contributed by atoms with Crippen molar-refractivity contribution in [1.29, 1.82) is 0 Å². The molecule has 212 valence electrons. The zero-order chi connectivity index (χ0) is 30.2. The molecule has 0 bridgehead atoms. The molecule has 2 nitrogen and oxygen atoms in total. The molecule has 0 N–H and O–H groups in total. The monoisotopic (exact) mass is 594 g/mol. The van der Waals surface area contributed by atoms with Gasteiger partial charge in [0.2, 0.25) is 0 Å². The quantitative estimate of drug-likeness (QED) is 0.198. The summed E-state index contributed by atoms with van der Waals surface area (Å²) in [6, 6.07) is 56.8. The van der Waals surface area contributed by atoms with Gasteiger partial charge in [0.1, 0.15) is 0 Å². The maximum atomic E-state index is 6.76. The SMILES string of the molecule is Clc1ccccc1-c1cc(-c2cc(-c3cccc(-c4ccccc4)c3)nc(-c3cccc4ccccc34)n2)cc2ccccc12. The Balaban J connectivity index is 1.38. The molecule has 0 amide bonds. The van der Waals surface area contributed by atoms with Crippen LogP contribution in [0.15, 0.2) is 164 Å². The zero-order valence-electron chi connectivity index (χ0n) is 24.4. The smallest absolute Gasteiger partial charge is 0.161 e. The van der Waals surface area contributed by atoms with E-state index in [-0.39, 0.29) is 0 Å². The first-order valence-electron chi connectivity index (χ1n) is 15.0. The molecule has 1 heterocycles. The van der Waals surface area contributed by atoms with Crippen LogP contribution in [0.5, 0.6) is 0 Å². The molecule has 8 aromatic rings. The highest BCUT2D eigenvalue weighted by atomic mass is 35.5. The molecule has 8 rings (SSSR count). The van der Waals surface area contributed by atoms with E-state index in [4.69, 9.17) is 21.6 Å². The molecule has 0 saturated carbocycles. The van der Waals surface area contributed by atoms with Gasteiger partial charge in [-0.2, -0.15) is 0 Å². The highest BCUT2D eigenvalue weighted by Gasteiger charge is 2.16. The standard InChI is InChI=1S/C42H27ClN2/c43-39-23-9-8-21-36(39)38-26-33(25-31-15-5-7-20-35(31)38)41-27-40(32-18-10-17-30(24-32)28-12-2-1-3-13-28)44-42(45-41)37-22-11-16-29-14-4-6-19-34(29)37/h1-27H. The maximum Gasteiger partial charge on any atom is 0.161 e. The van der Waals surface area contributed by atoms with Gasteiger partial charge in [0.15, 0.2) is 5.82 Å². The van der Waals surface area contributed by atoms with E-state index in [0.29, 0.717) is 5.82 Å². The summed E-state index contributed by atoms with van der Waals surface area (Å²) in [4.78, 5) is 10.5. The molecule has 7 aromatic carbocycles. The van der Waals surface area contributed by atoms with Gasteiger partial charge < -0.3 is 0 Å².